The average Bonchev–Trinajstić information content (AvgIpc) is 2.58. The van der Waals surface area contributed by atoms with Crippen LogP contribution in [0.5, 0.6) is 0 Å². The Morgan fingerprint density at radius 1 is 1.05 bits per heavy atom. The summed E-state index contributed by atoms with van der Waals surface area (Å²) in [5.41, 5.74) is 0.389. The van der Waals surface area contributed by atoms with Gasteiger partial charge in [-0.3, -0.25) is 15.0 Å². The van der Waals surface area contributed by atoms with Crippen molar-refractivity contribution in [3.63, 3.8) is 0 Å². The molecule has 3 nitrogen and oxygen atoms in total. The lowest BCUT2D eigenvalue weighted by Crippen LogP contribution is -2.55. The topological polar surface area (TPSA) is 32.3 Å². The first-order valence-corrected chi connectivity index (χ1v) is 7.24. The molecule has 2 fully saturated rings. The largest absolute Gasteiger partial charge is 0.292 e. The molecule has 3 heteroatoms. The van der Waals surface area contributed by atoms with Gasteiger partial charge in [0.05, 0.1) is 11.2 Å². The van der Waals surface area contributed by atoms with Crippen LogP contribution in [-0.4, -0.2) is 17.1 Å². The molecule has 0 atom stereocenters. The van der Waals surface area contributed by atoms with E-state index >= 15 is 0 Å². The molecule has 1 saturated carbocycles. The van der Waals surface area contributed by atoms with Crippen LogP contribution in [0.1, 0.15) is 46.0 Å². The Kier molecular flexibility index (Phi) is 2.90. The van der Waals surface area contributed by atoms with E-state index in [4.69, 9.17) is 0 Å². The van der Waals surface area contributed by atoms with Gasteiger partial charge in [-0.05, 0) is 51.7 Å². The fourth-order valence-corrected chi connectivity index (χ4v) is 3.59. The summed E-state index contributed by atoms with van der Waals surface area (Å²) in [4.78, 5) is 14.8. The van der Waals surface area contributed by atoms with Crippen molar-refractivity contribution < 1.29 is 4.79 Å². The van der Waals surface area contributed by atoms with Crippen LogP contribution >= 0.6 is 0 Å². The number of hydrogen-bond acceptors (Lipinski definition) is 2. The minimum atomic E-state index is -0.465. The summed E-state index contributed by atoms with van der Waals surface area (Å²) >= 11 is 0. The van der Waals surface area contributed by atoms with Crippen LogP contribution in [0.2, 0.25) is 0 Å². The molecular weight excluding hydrogens is 236 g/mol. The van der Waals surface area contributed by atoms with E-state index in [-0.39, 0.29) is 11.6 Å². The van der Waals surface area contributed by atoms with E-state index in [1.54, 1.807) is 0 Å². The zero-order valence-electron chi connectivity index (χ0n) is 11.8. The van der Waals surface area contributed by atoms with Crippen molar-refractivity contribution in [2.24, 2.45) is 0 Å². The molecule has 0 aromatic heterocycles. The molecule has 1 aliphatic carbocycles. The Bertz CT molecular complexity index is 475. The molecule has 1 spiro atoms. The fourth-order valence-electron chi connectivity index (χ4n) is 3.59. The number of anilines is 1. The van der Waals surface area contributed by atoms with Gasteiger partial charge in [-0.2, -0.15) is 0 Å². The molecule has 102 valence electrons. The number of nitrogens with zero attached hydrogens (tertiary/aromatic N) is 1. The monoisotopic (exact) mass is 258 g/mol. The van der Waals surface area contributed by atoms with Crippen molar-refractivity contribution in [2.75, 3.05) is 4.90 Å². The highest BCUT2D eigenvalue weighted by molar-refractivity contribution is 6.03. The Morgan fingerprint density at radius 3 is 2.32 bits per heavy atom. The maximum atomic E-state index is 12.8. The van der Waals surface area contributed by atoms with Gasteiger partial charge in [0.15, 0.2) is 0 Å². The Labute approximate surface area is 115 Å². The van der Waals surface area contributed by atoms with Crippen LogP contribution in [0.25, 0.3) is 0 Å². The summed E-state index contributed by atoms with van der Waals surface area (Å²) in [6.45, 7) is 3.99. The quantitative estimate of drug-likeness (QED) is 0.839. The van der Waals surface area contributed by atoms with Gasteiger partial charge >= 0.3 is 0 Å². The van der Waals surface area contributed by atoms with Gasteiger partial charge < -0.3 is 0 Å². The smallest absolute Gasteiger partial charge is 0.248 e. The van der Waals surface area contributed by atoms with E-state index in [0.717, 1.165) is 18.5 Å². The summed E-state index contributed by atoms with van der Waals surface area (Å²) in [5.74, 6) is 0.195. The van der Waals surface area contributed by atoms with E-state index in [2.05, 4.69) is 5.32 Å². The van der Waals surface area contributed by atoms with Gasteiger partial charge in [-0.15, -0.1) is 0 Å². The summed E-state index contributed by atoms with van der Waals surface area (Å²) in [5, 5.41) is 3.62. The van der Waals surface area contributed by atoms with Crippen molar-refractivity contribution in [1.82, 2.24) is 5.32 Å². The molecule has 2 aliphatic rings. The van der Waals surface area contributed by atoms with Gasteiger partial charge in [0.1, 0.15) is 0 Å². The molecule has 1 aromatic carbocycles. The predicted octanol–water partition coefficient (Wildman–Crippen LogP) is 3.06. The van der Waals surface area contributed by atoms with Gasteiger partial charge in [0.2, 0.25) is 5.91 Å². The molecule has 0 bridgehead atoms. The summed E-state index contributed by atoms with van der Waals surface area (Å²) < 4.78 is 0. The van der Waals surface area contributed by atoms with E-state index in [0.29, 0.717) is 0 Å². The lowest BCUT2D eigenvalue weighted by molar-refractivity contribution is -0.121. The minimum Gasteiger partial charge on any atom is -0.292 e. The highest BCUT2D eigenvalue weighted by atomic mass is 16.2. The lowest BCUT2D eigenvalue weighted by atomic mass is 9.88. The van der Waals surface area contributed by atoms with Crippen molar-refractivity contribution in [1.29, 1.82) is 0 Å². The van der Waals surface area contributed by atoms with Crippen LogP contribution in [0.3, 0.4) is 0 Å². The van der Waals surface area contributed by atoms with Crippen LogP contribution in [0.15, 0.2) is 30.3 Å². The van der Waals surface area contributed by atoms with E-state index in [1.165, 1.54) is 19.3 Å². The standard InChI is InChI=1S/C16H22N2O/c1-15(2)14(19)18(13-9-5-3-6-10-13)16(17-15)11-7-4-8-12-16/h3,5-6,9-10,17H,4,7-8,11-12H2,1-2H3. The van der Waals surface area contributed by atoms with E-state index in [9.17, 15) is 4.79 Å². The van der Waals surface area contributed by atoms with Crippen LogP contribution in [0, 0.1) is 0 Å². The van der Waals surface area contributed by atoms with Gasteiger partial charge in [0.25, 0.3) is 0 Å². The molecule has 1 saturated heterocycles. The zero-order valence-corrected chi connectivity index (χ0v) is 11.8. The SMILES string of the molecule is CC1(C)NC2(CCCCC2)N(c2ccccc2)C1=O. The zero-order chi connectivity index (χ0) is 13.5. The van der Waals surface area contributed by atoms with Crippen molar-refractivity contribution >= 4 is 11.6 Å². The second-order valence-electron chi connectivity index (χ2n) is 6.32. The number of carbonyl (C=O) groups excluding carboxylic acids is 1. The first kappa shape index (κ1) is 12.7. The number of hydrogen-bond donors (Lipinski definition) is 1. The molecule has 0 radical (unpaired) electrons. The molecule has 19 heavy (non-hydrogen) atoms. The molecule has 1 amide bonds. The molecular formula is C16H22N2O. The summed E-state index contributed by atoms with van der Waals surface area (Å²) in [6, 6.07) is 10.1. The second-order valence-corrected chi connectivity index (χ2v) is 6.32. The molecule has 1 heterocycles. The molecule has 1 aliphatic heterocycles. The molecule has 1 aromatic rings. The van der Waals surface area contributed by atoms with E-state index < -0.39 is 5.54 Å². The van der Waals surface area contributed by atoms with Crippen LogP contribution in [0.4, 0.5) is 5.69 Å². The van der Waals surface area contributed by atoms with Crippen molar-refractivity contribution in [3.05, 3.63) is 30.3 Å². The van der Waals surface area contributed by atoms with Gasteiger partial charge in [-0.1, -0.05) is 24.6 Å². The number of rotatable bonds is 1. The first-order valence-electron chi connectivity index (χ1n) is 7.24. The molecule has 0 unspecified atom stereocenters. The lowest BCUT2D eigenvalue weighted by Gasteiger charge is -2.41. The average molecular weight is 258 g/mol. The number of benzene rings is 1. The molecule has 3 rings (SSSR count). The van der Waals surface area contributed by atoms with Gasteiger partial charge in [0, 0.05) is 5.69 Å². The highest BCUT2D eigenvalue weighted by Gasteiger charge is 2.54. The third-order valence-corrected chi connectivity index (χ3v) is 4.41. The third kappa shape index (κ3) is 1.96. The number of para-hydroxylation sites is 1. The highest BCUT2D eigenvalue weighted by Crippen LogP contribution is 2.41. The maximum absolute atomic E-state index is 12.8. The molecule has 1 N–H and O–H groups in total. The second kappa shape index (κ2) is 4.34. The summed E-state index contributed by atoms with van der Waals surface area (Å²) in [6.07, 6.45) is 5.77. The first-order chi connectivity index (χ1) is 9.05. The maximum Gasteiger partial charge on any atom is 0.248 e. The Morgan fingerprint density at radius 2 is 1.68 bits per heavy atom. The van der Waals surface area contributed by atoms with Crippen LogP contribution in [-0.2, 0) is 4.79 Å². The fraction of sp³-hybridized carbons (Fsp3) is 0.562. The number of nitrogens with one attached hydrogen (secondary N) is 1. The Hall–Kier alpha value is -1.35. The normalized spacial score (nSPS) is 24.9. The third-order valence-electron chi connectivity index (χ3n) is 4.41. The van der Waals surface area contributed by atoms with Crippen molar-refractivity contribution in [3.8, 4) is 0 Å². The minimum absolute atomic E-state index is 0.166. The summed E-state index contributed by atoms with van der Waals surface area (Å²) in [7, 11) is 0. The van der Waals surface area contributed by atoms with Gasteiger partial charge in [-0.25, -0.2) is 0 Å². The van der Waals surface area contributed by atoms with Crippen molar-refractivity contribution in [2.45, 2.75) is 57.2 Å². The van der Waals surface area contributed by atoms with Crippen LogP contribution < -0.4 is 10.2 Å². The number of amides is 1. The van der Waals surface area contributed by atoms with E-state index in [1.807, 2.05) is 49.1 Å². The predicted molar refractivity (Wildman–Crippen MR) is 77.0 cm³/mol. The number of carbonyl (C=O) groups is 1. The Balaban J connectivity index is 2.05.